The van der Waals surface area contributed by atoms with Crippen LogP contribution in [0.2, 0.25) is 5.02 Å². The highest BCUT2D eigenvalue weighted by Crippen LogP contribution is 2.51. The lowest BCUT2D eigenvalue weighted by molar-refractivity contribution is -0.233. The molecule has 1 atom stereocenters. The fourth-order valence-electron chi connectivity index (χ4n) is 3.99. The zero-order valence-corrected chi connectivity index (χ0v) is 18.6. The van der Waals surface area contributed by atoms with Crippen LogP contribution in [0.4, 0.5) is 0 Å². The van der Waals surface area contributed by atoms with E-state index in [0.717, 1.165) is 11.1 Å². The van der Waals surface area contributed by atoms with Gasteiger partial charge in [0.25, 0.3) is 5.91 Å². The van der Waals surface area contributed by atoms with Crippen LogP contribution >= 0.6 is 23.2 Å². The average Bonchev–Trinajstić information content (AvgIpc) is 2.86. The van der Waals surface area contributed by atoms with E-state index in [0.29, 0.717) is 31.5 Å². The molecular formula is C20H26Cl2N2O5. The number of ketones is 1. The molecule has 9 heteroatoms. The number of Topliss-reactive ketones (excluding diaryl/α,β-unsaturated/α-hetero) is 1. The first-order valence-corrected chi connectivity index (χ1v) is 10.2. The number of carbonyl (C=O) groups is 2. The molecule has 0 aromatic heterocycles. The molecule has 1 amide bonds. The third-order valence-corrected chi connectivity index (χ3v) is 6.72. The van der Waals surface area contributed by atoms with E-state index in [1.165, 1.54) is 12.2 Å². The van der Waals surface area contributed by atoms with Gasteiger partial charge in [0.05, 0.1) is 20.3 Å². The standard InChI is InChI=1S/C20H26Cl2N2O5/c1-13-11-15(16(21)12-14(13)2)20(22)17(25)19(5-7-23(28-4)8-6-19)24(18(20)26)29-10-9-27-3/h11-12H,5-10H2,1-4H3. The number of alkyl halides is 1. The number of piperidine rings is 1. The number of carbonyl (C=O) groups excluding carboxylic acids is 2. The van der Waals surface area contributed by atoms with Crippen molar-refractivity contribution in [3.05, 3.63) is 33.8 Å². The van der Waals surface area contributed by atoms with E-state index in [1.807, 2.05) is 13.8 Å². The highest BCUT2D eigenvalue weighted by atomic mass is 35.5. The summed E-state index contributed by atoms with van der Waals surface area (Å²) in [5.74, 6) is -1.02. The van der Waals surface area contributed by atoms with E-state index in [4.69, 9.17) is 37.6 Å². The van der Waals surface area contributed by atoms with Crippen molar-refractivity contribution in [3.63, 3.8) is 0 Å². The number of nitrogens with zero attached hydrogens (tertiary/aromatic N) is 2. The second-order valence-corrected chi connectivity index (χ2v) is 8.45. The molecule has 3 rings (SSSR count). The summed E-state index contributed by atoms with van der Waals surface area (Å²) in [5.41, 5.74) is 0.967. The molecule has 2 aliphatic heterocycles. The molecule has 1 spiro atoms. The monoisotopic (exact) mass is 444 g/mol. The first-order chi connectivity index (χ1) is 13.7. The van der Waals surface area contributed by atoms with Crippen molar-refractivity contribution >= 4 is 34.9 Å². The molecular weight excluding hydrogens is 419 g/mol. The van der Waals surface area contributed by atoms with Crippen LogP contribution in [-0.4, -0.2) is 67.9 Å². The Morgan fingerprint density at radius 2 is 1.69 bits per heavy atom. The Morgan fingerprint density at radius 3 is 2.28 bits per heavy atom. The van der Waals surface area contributed by atoms with Crippen LogP contribution in [0.15, 0.2) is 12.1 Å². The smallest absolute Gasteiger partial charge is 0.280 e. The number of hydroxylamine groups is 4. The van der Waals surface area contributed by atoms with Crippen LogP contribution < -0.4 is 0 Å². The summed E-state index contributed by atoms with van der Waals surface area (Å²) >= 11 is 13.3. The molecule has 2 fully saturated rings. The molecule has 0 bridgehead atoms. The van der Waals surface area contributed by atoms with Crippen molar-refractivity contribution in [2.45, 2.75) is 37.1 Å². The zero-order valence-electron chi connectivity index (χ0n) is 17.1. The van der Waals surface area contributed by atoms with Crippen molar-refractivity contribution in [2.75, 3.05) is 40.5 Å². The summed E-state index contributed by atoms with van der Waals surface area (Å²) in [4.78, 5) is 36.4. The van der Waals surface area contributed by atoms with E-state index in [1.54, 1.807) is 24.3 Å². The topological polar surface area (TPSA) is 68.3 Å². The Labute approximate surface area is 180 Å². The van der Waals surface area contributed by atoms with Crippen molar-refractivity contribution in [2.24, 2.45) is 0 Å². The Balaban J connectivity index is 2.07. The maximum Gasteiger partial charge on any atom is 0.280 e. The highest BCUT2D eigenvalue weighted by Gasteiger charge is 2.69. The zero-order chi connectivity index (χ0) is 21.4. The summed E-state index contributed by atoms with van der Waals surface area (Å²) in [6, 6.07) is 3.45. The summed E-state index contributed by atoms with van der Waals surface area (Å²) in [6.07, 6.45) is 0.685. The molecule has 1 unspecified atom stereocenters. The van der Waals surface area contributed by atoms with E-state index < -0.39 is 22.1 Å². The van der Waals surface area contributed by atoms with Gasteiger partial charge in [-0.25, -0.2) is 5.06 Å². The molecule has 0 radical (unpaired) electrons. The normalized spacial score (nSPS) is 24.7. The van der Waals surface area contributed by atoms with Gasteiger partial charge >= 0.3 is 0 Å². The van der Waals surface area contributed by atoms with Crippen LogP contribution in [0.3, 0.4) is 0 Å². The van der Waals surface area contributed by atoms with Crippen LogP contribution in [0.5, 0.6) is 0 Å². The number of methoxy groups -OCH3 is 1. The second kappa shape index (κ2) is 8.49. The molecule has 2 aliphatic rings. The highest BCUT2D eigenvalue weighted by molar-refractivity contribution is 6.50. The minimum absolute atomic E-state index is 0.124. The number of hydrogen-bond donors (Lipinski definition) is 0. The molecule has 2 saturated heterocycles. The fourth-order valence-corrected chi connectivity index (χ4v) is 4.81. The molecule has 1 aromatic rings. The Kier molecular flexibility index (Phi) is 6.58. The van der Waals surface area contributed by atoms with E-state index >= 15 is 0 Å². The molecule has 1 aromatic carbocycles. The first-order valence-electron chi connectivity index (χ1n) is 9.49. The second-order valence-electron chi connectivity index (χ2n) is 7.47. The average molecular weight is 445 g/mol. The van der Waals surface area contributed by atoms with Crippen molar-refractivity contribution in [1.29, 1.82) is 0 Å². The lowest BCUT2D eigenvalue weighted by Crippen LogP contribution is -2.56. The van der Waals surface area contributed by atoms with Crippen LogP contribution in [0.1, 0.15) is 29.5 Å². The predicted octanol–water partition coefficient (Wildman–Crippen LogP) is 2.78. The quantitative estimate of drug-likeness (QED) is 0.381. The maximum atomic E-state index is 13.8. The molecule has 0 N–H and O–H groups in total. The maximum absolute atomic E-state index is 13.8. The molecule has 0 saturated carbocycles. The number of amides is 1. The predicted molar refractivity (Wildman–Crippen MR) is 109 cm³/mol. The third kappa shape index (κ3) is 3.58. The number of aryl methyl sites for hydroxylation is 2. The van der Waals surface area contributed by atoms with Crippen LogP contribution in [-0.2, 0) is 28.9 Å². The van der Waals surface area contributed by atoms with Gasteiger partial charge in [-0.2, -0.15) is 5.06 Å². The first kappa shape index (κ1) is 22.5. The summed E-state index contributed by atoms with van der Waals surface area (Å²) in [7, 11) is 3.11. The number of ether oxygens (including phenoxy) is 1. The Morgan fingerprint density at radius 1 is 1.07 bits per heavy atom. The lowest BCUT2D eigenvalue weighted by Gasteiger charge is -2.41. The van der Waals surface area contributed by atoms with E-state index in [9.17, 15) is 9.59 Å². The number of halogens is 2. The molecule has 0 aliphatic carbocycles. The Bertz CT molecular complexity index is 810. The minimum Gasteiger partial charge on any atom is -0.382 e. The van der Waals surface area contributed by atoms with E-state index in [2.05, 4.69) is 0 Å². The van der Waals surface area contributed by atoms with Crippen molar-refractivity contribution in [3.8, 4) is 0 Å². The van der Waals surface area contributed by atoms with Gasteiger partial charge in [0.15, 0.2) is 5.78 Å². The van der Waals surface area contributed by atoms with Crippen LogP contribution in [0.25, 0.3) is 0 Å². The van der Waals surface area contributed by atoms with Crippen molar-refractivity contribution in [1.82, 2.24) is 10.1 Å². The van der Waals surface area contributed by atoms with Gasteiger partial charge in [-0.1, -0.05) is 29.3 Å². The van der Waals surface area contributed by atoms with Gasteiger partial charge < -0.3 is 9.57 Å². The Hall–Kier alpha value is -1.22. The van der Waals surface area contributed by atoms with Gasteiger partial charge in [-0.3, -0.25) is 14.4 Å². The molecule has 160 valence electrons. The fraction of sp³-hybridized carbons (Fsp3) is 0.600. The summed E-state index contributed by atoms with van der Waals surface area (Å²) in [6.45, 7) is 5.13. The number of rotatable bonds is 6. The van der Waals surface area contributed by atoms with Crippen LogP contribution in [0, 0.1) is 13.8 Å². The summed E-state index contributed by atoms with van der Waals surface area (Å²) in [5, 5.41) is 3.20. The van der Waals surface area contributed by atoms with Crippen molar-refractivity contribution < 1.29 is 24.0 Å². The summed E-state index contributed by atoms with van der Waals surface area (Å²) < 4.78 is 5.03. The van der Waals surface area contributed by atoms with Gasteiger partial charge in [-0.05, 0) is 43.9 Å². The lowest BCUT2D eigenvalue weighted by atomic mass is 9.80. The van der Waals surface area contributed by atoms with Gasteiger partial charge in [0.2, 0.25) is 4.87 Å². The molecule has 2 heterocycles. The third-order valence-electron chi connectivity index (χ3n) is 5.87. The van der Waals surface area contributed by atoms with Gasteiger partial charge in [0, 0.05) is 30.8 Å². The SMILES string of the molecule is COCCON1C(=O)C(Cl)(c2cc(C)c(C)cc2Cl)C(=O)C12CCN(OC)CC2. The molecule has 29 heavy (non-hydrogen) atoms. The number of benzene rings is 1. The largest absolute Gasteiger partial charge is 0.382 e. The molecule has 7 nitrogen and oxygen atoms in total. The minimum atomic E-state index is -1.93. The van der Waals surface area contributed by atoms with Gasteiger partial charge in [-0.15, -0.1) is 0 Å². The van der Waals surface area contributed by atoms with Gasteiger partial charge in [0.1, 0.15) is 5.54 Å². The van der Waals surface area contributed by atoms with E-state index in [-0.39, 0.29) is 18.2 Å². The number of hydrogen-bond acceptors (Lipinski definition) is 6.